The third-order valence-corrected chi connectivity index (χ3v) is 4.57. The van der Waals surface area contributed by atoms with Crippen molar-refractivity contribution in [3.05, 3.63) is 35.9 Å². The maximum atomic E-state index is 4.85. The Kier molecular flexibility index (Phi) is 5.29. The van der Waals surface area contributed by atoms with Gasteiger partial charge in [0.25, 0.3) is 0 Å². The van der Waals surface area contributed by atoms with Gasteiger partial charge in [0.2, 0.25) is 0 Å². The number of aliphatic imine (C=N–C) groups is 1. The normalized spacial score (nSPS) is 25.2. The summed E-state index contributed by atoms with van der Waals surface area (Å²) >= 11 is 0. The fraction of sp³-hybridized carbons (Fsp3) is 0.562. The Balaban J connectivity index is 0.00000147. The molecule has 1 heterocycles. The van der Waals surface area contributed by atoms with Gasteiger partial charge in [-0.1, -0.05) is 43.2 Å². The molecule has 1 saturated heterocycles. The van der Waals surface area contributed by atoms with Gasteiger partial charge < -0.3 is 9.80 Å². The van der Waals surface area contributed by atoms with Gasteiger partial charge in [0, 0.05) is 14.1 Å². The zero-order valence-corrected chi connectivity index (χ0v) is 14.7. The van der Waals surface area contributed by atoms with Crippen LogP contribution >= 0.6 is 24.0 Å². The van der Waals surface area contributed by atoms with E-state index >= 15 is 0 Å². The zero-order valence-electron chi connectivity index (χ0n) is 12.3. The molecular formula is C16H24IN3. The summed E-state index contributed by atoms with van der Waals surface area (Å²) in [6, 6.07) is 11.9. The van der Waals surface area contributed by atoms with Crippen molar-refractivity contribution in [2.24, 2.45) is 4.99 Å². The van der Waals surface area contributed by atoms with Crippen molar-refractivity contribution < 1.29 is 0 Å². The van der Waals surface area contributed by atoms with Gasteiger partial charge in [0.15, 0.2) is 5.96 Å². The summed E-state index contributed by atoms with van der Waals surface area (Å²) in [5.74, 6) is 1.17. The molecule has 0 bridgehead atoms. The molecule has 0 radical (unpaired) electrons. The molecule has 1 aromatic rings. The van der Waals surface area contributed by atoms with Crippen LogP contribution < -0.4 is 0 Å². The first-order valence-corrected chi connectivity index (χ1v) is 7.31. The lowest BCUT2D eigenvalue weighted by atomic mass is 9.91. The number of benzene rings is 1. The van der Waals surface area contributed by atoms with Gasteiger partial charge in [-0.05, 0) is 18.4 Å². The number of fused-ring (bicyclic) bond motifs is 1. The molecule has 0 unspecified atom stereocenters. The summed E-state index contributed by atoms with van der Waals surface area (Å²) in [4.78, 5) is 9.64. The van der Waals surface area contributed by atoms with Gasteiger partial charge in [-0.3, -0.25) is 0 Å². The second-order valence-electron chi connectivity index (χ2n) is 5.74. The summed E-state index contributed by atoms with van der Waals surface area (Å²) in [7, 11) is 4.41. The van der Waals surface area contributed by atoms with Crippen molar-refractivity contribution in [2.45, 2.75) is 44.3 Å². The lowest BCUT2D eigenvalue weighted by molar-refractivity contribution is 0.233. The second-order valence-corrected chi connectivity index (χ2v) is 5.74. The molecule has 1 saturated carbocycles. The van der Waals surface area contributed by atoms with E-state index < -0.39 is 0 Å². The largest absolute Gasteiger partial charge is 0.341 e. The van der Waals surface area contributed by atoms with Crippen LogP contribution in [0.2, 0.25) is 0 Å². The van der Waals surface area contributed by atoms with Crippen LogP contribution in [0.1, 0.15) is 31.2 Å². The molecule has 1 aromatic carbocycles. The van der Waals surface area contributed by atoms with Crippen molar-refractivity contribution in [3.63, 3.8) is 0 Å². The summed E-state index contributed by atoms with van der Waals surface area (Å²) in [6.07, 6.45) is 5.36. The molecule has 2 fully saturated rings. The Morgan fingerprint density at radius 1 is 1.00 bits per heavy atom. The predicted molar refractivity (Wildman–Crippen MR) is 94.6 cm³/mol. The van der Waals surface area contributed by atoms with E-state index in [1.54, 1.807) is 0 Å². The van der Waals surface area contributed by atoms with Crippen LogP contribution in [0.25, 0.3) is 0 Å². The van der Waals surface area contributed by atoms with Crippen LogP contribution in [0.15, 0.2) is 35.3 Å². The minimum Gasteiger partial charge on any atom is -0.341 e. The van der Waals surface area contributed by atoms with Crippen molar-refractivity contribution in [2.75, 3.05) is 14.1 Å². The van der Waals surface area contributed by atoms with E-state index in [1.165, 1.54) is 37.2 Å². The van der Waals surface area contributed by atoms with Crippen molar-refractivity contribution in [1.82, 2.24) is 9.80 Å². The molecule has 20 heavy (non-hydrogen) atoms. The number of nitrogens with zero attached hydrogens (tertiary/aromatic N) is 3. The predicted octanol–water partition coefficient (Wildman–Crippen LogP) is 3.35. The molecule has 3 rings (SSSR count). The average molecular weight is 385 g/mol. The van der Waals surface area contributed by atoms with E-state index in [2.05, 4.69) is 54.2 Å². The van der Waals surface area contributed by atoms with Crippen molar-refractivity contribution >= 4 is 29.9 Å². The Morgan fingerprint density at radius 3 is 2.10 bits per heavy atom. The van der Waals surface area contributed by atoms with Gasteiger partial charge in [0.1, 0.15) is 0 Å². The summed E-state index contributed by atoms with van der Waals surface area (Å²) in [5, 5.41) is 0. The Labute approximate surface area is 139 Å². The molecule has 0 spiro atoms. The first kappa shape index (κ1) is 15.6. The SMILES string of the molecule is CN1C(=NCc2ccccc2)N(C)[C@@H]2CCCC[C@H]21.I. The Hall–Kier alpha value is -0.780. The third-order valence-electron chi connectivity index (χ3n) is 4.57. The molecule has 2 atom stereocenters. The number of hydrogen-bond donors (Lipinski definition) is 0. The summed E-state index contributed by atoms with van der Waals surface area (Å²) < 4.78 is 0. The Bertz CT molecular complexity index is 440. The lowest BCUT2D eigenvalue weighted by Crippen LogP contribution is -2.37. The summed E-state index contributed by atoms with van der Waals surface area (Å²) in [6.45, 7) is 0.782. The molecular weight excluding hydrogens is 361 g/mol. The first-order chi connectivity index (χ1) is 9.27. The second kappa shape index (κ2) is 6.78. The molecule has 4 heteroatoms. The van der Waals surface area contributed by atoms with Gasteiger partial charge in [-0.2, -0.15) is 0 Å². The molecule has 110 valence electrons. The van der Waals surface area contributed by atoms with E-state index in [0.717, 1.165) is 6.54 Å². The van der Waals surface area contributed by atoms with Gasteiger partial charge in [-0.15, -0.1) is 24.0 Å². The maximum absolute atomic E-state index is 4.85. The highest BCUT2D eigenvalue weighted by atomic mass is 127. The monoisotopic (exact) mass is 385 g/mol. The minimum absolute atomic E-state index is 0. The molecule has 0 aromatic heterocycles. The number of guanidine groups is 1. The number of likely N-dealkylation sites (N-methyl/N-ethyl adjacent to an activating group) is 2. The van der Waals surface area contributed by atoms with Gasteiger partial charge in [0.05, 0.1) is 18.6 Å². The van der Waals surface area contributed by atoms with E-state index in [1.807, 2.05) is 0 Å². The van der Waals surface area contributed by atoms with Gasteiger partial charge >= 0.3 is 0 Å². The number of hydrogen-bond acceptors (Lipinski definition) is 1. The number of halogens is 1. The molecule has 3 nitrogen and oxygen atoms in total. The smallest absolute Gasteiger partial charge is 0.197 e. The maximum Gasteiger partial charge on any atom is 0.197 e. The fourth-order valence-corrected chi connectivity index (χ4v) is 3.51. The third kappa shape index (κ3) is 2.95. The summed E-state index contributed by atoms with van der Waals surface area (Å²) in [5.41, 5.74) is 1.28. The van der Waals surface area contributed by atoms with Crippen LogP contribution in [-0.4, -0.2) is 41.9 Å². The highest BCUT2D eigenvalue weighted by molar-refractivity contribution is 14.0. The standard InChI is InChI=1S/C16H23N3.HI/c1-18-14-10-6-7-11-15(14)19(2)16(18)17-12-13-8-4-3-5-9-13;/h3-5,8-9,14-15H,6-7,10-12H2,1-2H3;1H/t14-,15-;/m1./s1. The van der Waals surface area contributed by atoms with Crippen LogP contribution in [0.3, 0.4) is 0 Å². The average Bonchev–Trinajstić information content (AvgIpc) is 2.71. The quantitative estimate of drug-likeness (QED) is 0.728. The lowest BCUT2D eigenvalue weighted by Gasteiger charge is -2.29. The van der Waals surface area contributed by atoms with E-state index in [9.17, 15) is 0 Å². The number of rotatable bonds is 2. The molecule has 1 aliphatic heterocycles. The highest BCUT2D eigenvalue weighted by Gasteiger charge is 2.41. The molecule has 0 N–H and O–H groups in total. The van der Waals surface area contributed by atoms with Crippen LogP contribution in [0.5, 0.6) is 0 Å². The van der Waals surface area contributed by atoms with Gasteiger partial charge in [-0.25, -0.2) is 4.99 Å². The Morgan fingerprint density at radius 2 is 1.55 bits per heavy atom. The fourth-order valence-electron chi connectivity index (χ4n) is 3.51. The minimum atomic E-state index is 0. The van der Waals surface area contributed by atoms with E-state index in [0.29, 0.717) is 12.1 Å². The van der Waals surface area contributed by atoms with Crippen LogP contribution in [0, 0.1) is 0 Å². The van der Waals surface area contributed by atoms with Crippen molar-refractivity contribution in [1.29, 1.82) is 0 Å². The highest BCUT2D eigenvalue weighted by Crippen LogP contribution is 2.32. The molecule has 0 amide bonds. The molecule has 2 aliphatic rings. The van der Waals surface area contributed by atoms with E-state index in [-0.39, 0.29) is 24.0 Å². The van der Waals surface area contributed by atoms with Crippen LogP contribution in [-0.2, 0) is 6.54 Å². The van der Waals surface area contributed by atoms with Crippen molar-refractivity contribution in [3.8, 4) is 0 Å². The zero-order chi connectivity index (χ0) is 13.2. The topological polar surface area (TPSA) is 18.8 Å². The van der Waals surface area contributed by atoms with Crippen LogP contribution in [0.4, 0.5) is 0 Å². The van der Waals surface area contributed by atoms with E-state index in [4.69, 9.17) is 4.99 Å². The first-order valence-electron chi connectivity index (χ1n) is 7.31. The molecule has 1 aliphatic carbocycles.